The molecule has 2 N–H and O–H groups in total. The number of ether oxygens (including phenoxy) is 4. The van der Waals surface area contributed by atoms with Gasteiger partial charge in [0.15, 0.2) is 0 Å². The van der Waals surface area contributed by atoms with E-state index in [-0.39, 0.29) is 31.2 Å². The van der Waals surface area contributed by atoms with Crippen LogP contribution in [0.1, 0.15) is 59.8 Å². The smallest absolute Gasteiger partial charge is 0.312 e. The average molecular weight is 388 g/mol. The van der Waals surface area contributed by atoms with Crippen LogP contribution >= 0.6 is 0 Å². The number of carbonyl (C=O) groups excluding carboxylic acids is 2. The van der Waals surface area contributed by atoms with Gasteiger partial charge in [-0.25, -0.2) is 0 Å². The molecule has 7 heteroatoms. The number of hydrogen-bond donors (Lipinski definition) is 1. The molecule has 1 aliphatic rings. The normalized spacial score (nSPS) is 18.7. The van der Waals surface area contributed by atoms with E-state index in [1.807, 2.05) is 20.8 Å². The maximum Gasteiger partial charge on any atom is 0.312 e. The number of esters is 2. The zero-order chi connectivity index (χ0) is 20.5. The lowest BCUT2D eigenvalue weighted by molar-refractivity contribution is -0.168. The molecule has 1 fully saturated rings. The summed E-state index contributed by atoms with van der Waals surface area (Å²) in [4.78, 5) is 25.6. The first-order chi connectivity index (χ1) is 12.6. The van der Waals surface area contributed by atoms with Crippen LogP contribution in [0, 0.1) is 11.3 Å². The van der Waals surface area contributed by atoms with Gasteiger partial charge in [0.25, 0.3) is 0 Å². The SMILES string of the molecule is COCCOCC(CC1(C(=O)OC(C)CN)CCCC1)C(=O)OC(C)(C)C. The Morgan fingerprint density at radius 2 is 1.78 bits per heavy atom. The Kier molecular flexibility index (Phi) is 9.70. The molecule has 1 aliphatic carbocycles. The van der Waals surface area contributed by atoms with Crippen LogP contribution in [0.5, 0.6) is 0 Å². The Morgan fingerprint density at radius 3 is 2.30 bits per heavy atom. The lowest BCUT2D eigenvalue weighted by Crippen LogP contribution is -2.40. The van der Waals surface area contributed by atoms with Gasteiger partial charge in [-0.05, 0) is 47.0 Å². The summed E-state index contributed by atoms with van der Waals surface area (Å²) in [5, 5.41) is 0. The zero-order valence-electron chi connectivity index (χ0n) is 17.5. The minimum absolute atomic E-state index is 0.194. The third-order valence-electron chi connectivity index (χ3n) is 4.76. The quantitative estimate of drug-likeness (QED) is 0.429. The molecule has 0 amide bonds. The van der Waals surface area contributed by atoms with E-state index >= 15 is 0 Å². The number of hydrogen-bond acceptors (Lipinski definition) is 7. The second-order valence-electron chi connectivity index (χ2n) is 8.44. The molecule has 0 radical (unpaired) electrons. The van der Waals surface area contributed by atoms with E-state index in [0.717, 1.165) is 12.8 Å². The first kappa shape index (κ1) is 23.9. The minimum atomic E-state index is -0.671. The van der Waals surface area contributed by atoms with E-state index in [2.05, 4.69) is 0 Å². The molecule has 158 valence electrons. The van der Waals surface area contributed by atoms with Crippen molar-refractivity contribution in [2.75, 3.05) is 33.5 Å². The number of carbonyl (C=O) groups is 2. The lowest BCUT2D eigenvalue weighted by Gasteiger charge is -2.32. The van der Waals surface area contributed by atoms with Gasteiger partial charge in [-0.1, -0.05) is 12.8 Å². The Labute approximate surface area is 163 Å². The Balaban J connectivity index is 2.89. The van der Waals surface area contributed by atoms with E-state index in [1.54, 1.807) is 14.0 Å². The maximum atomic E-state index is 12.9. The maximum absolute atomic E-state index is 12.9. The van der Waals surface area contributed by atoms with E-state index in [0.29, 0.717) is 32.5 Å². The molecule has 0 spiro atoms. The number of rotatable bonds is 11. The fraction of sp³-hybridized carbons (Fsp3) is 0.900. The van der Waals surface area contributed by atoms with Crippen LogP contribution in [-0.2, 0) is 28.5 Å². The molecule has 1 saturated carbocycles. The van der Waals surface area contributed by atoms with Crippen molar-refractivity contribution in [3.63, 3.8) is 0 Å². The summed E-state index contributed by atoms with van der Waals surface area (Å²) in [6, 6.07) is 0. The van der Waals surface area contributed by atoms with Crippen LogP contribution < -0.4 is 5.73 Å². The zero-order valence-corrected chi connectivity index (χ0v) is 17.5. The van der Waals surface area contributed by atoms with Crippen LogP contribution in [0.3, 0.4) is 0 Å². The first-order valence-corrected chi connectivity index (χ1v) is 9.84. The first-order valence-electron chi connectivity index (χ1n) is 9.84. The Hall–Kier alpha value is -1.18. The van der Waals surface area contributed by atoms with Crippen LogP contribution in [0.2, 0.25) is 0 Å². The second kappa shape index (κ2) is 11.0. The van der Waals surface area contributed by atoms with Gasteiger partial charge < -0.3 is 24.7 Å². The lowest BCUT2D eigenvalue weighted by atomic mass is 9.77. The highest BCUT2D eigenvalue weighted by molar-refractivity contribution is 5.79. The third kappa shape index (κ3) is 8.15. The number of methoxy groups -OCH3 is 1. The van der Waals surface area contributed by atoms with Crippen molar-refractivity contribution in [2.45, 2.75) is 71.5 Å². The highest BCUT2D eigenvalue weighted by Crippen LogP contribution is 2.45. The molecule has 7 nitrogen and oxygen atoms in total. The predicted molar refractivity (Wildman–Crippen MR) is 102 cm³/mol. The molecule has 0 aromatic carbocycles. The van der Waals surface area contributed by atoms with Crippen molar-refractivity contribution in [3.05, 3.63) is 0 Å². The summed E-state index contributed by atoms with van der Waals surface area (Å²) in [6.07, 6.45) is 3.33. The van der Waals surface area contributed by atoms with Crippen molar-refractivity contribution in [1.29, 1.82) is 0 Å². The van der Waals surface area contributed by atoms with Crippen LogP contribution in [0.25, 0.3) is 0 Å². The van der Waals surface area contributed by atoms with Crippen molar-refractivity contribution in [3.8, 4) is 0 Å². The largest absolute Gasteiger partial charge is 0.461 e. The fourth-order valence-electron chi connectivity index (χ4n) is 3.33. The van der Waals surface area contributed by atoms with Gasteiger partial charge in [0.1, 0.15) is 11.7 Å². The van der Waals surface area contributed by atoms with Crippen molar-refractivity contribution in [2.24, 2.45) is 17.1 Å². The van der Waals surface area contributed by atoms with Gasteiger partial charge in [-0.2, -0.15) is 0 Å². The Bertz CT molecular complexity index is 468. The molecule has 2 unspecified atom stereocenters. The summed E-state index contributed by atoms with van der Waals surface area (Å²) < 4.78 is 21.7. The monoisotopic (exact) mass is 387 g/mol. The van der Waals surface area contributed by atoms with Crippen LogP contribution in [-0.4, -0.2) is 57.1 Å². The average Bonchev–Trinajstić information content (AvgIpc) is 3.05. The number of nitrogens with two attached hydrogens (primary N) is 1. The predicted octanol–water partition coefficient (Wildman–Crippen LogP) is 2.45. The fourth-order valence-corrected chi connectivity index (χ4v) is 3.33. The van der Waals surface area contributed by atoms with E-state index in [1.165, 1.54) is 0 Å². The molecule has 1 rings (SSSR count). The summed E-state index contributed by atoms with van der Waals surface area (Å²) in [5.41, 5.74) is 4.32. The van der Waals surface area contributed by atoms with Gasteiger partial charge in [0, 0.05) is 13.7 Å². The summed E-state index contributed by atoms with van der Waals surface area (Å²) in [7, 11) is 1.59. The topological polar surface area (TPSA) is 97.1 Å². The summed E-state index contributed by atoms with van der Waals surface area (Å²) in [5.74, 6) is -1.13. The van der Waals surface area contributed by atoms with Crippen molar-refractivity contribution >= 4 is 11.9 Å². The molecule has 2 atom stereocenters. The van der Waals surface area contributed by atoms with Crippen molar-refractivity contribution in [1.82, 2.24) is 0 Å². The summed E-state index contributed by atoms with van der Waals surface area (Å²) in [6.45, 7) is 8.57. The van der Waals surface area contributed by atoms with Crippen LogP contribution in [0.15, 0.2) is 0 Å². The van der Waals surface area contributed by atoms with Gasteiger partial charge in [-0.15, -0.1) is 0 Å². The van der Waals surface area contributed by atoms with E-state index < -0.39 is 16.9 Å². The summed E-state index contributed by atoms with van der Waals surface area (Å²) >= 11 is 0. The molecule has 0 aliphatic heterocycles. The molecular formula is C20H37NO6. The van der Waals surface area contributed by atoms with Gasteiger partial charge in [-0.3, -0.25) is 9.59 Å². The van der Waals surface area contributed by atoms with E-state index in [4.69, 9.17) is 24.7 Å². The molecule has 0 aromatic heterocycles. The highest BCUT2D eigenvalue weighted by Gasteiger charge is 2.46. The molecule has 27 heavy (non-hydrogen) atoms. The van der Waals surface area contributed by atoms with Crippen molar-refractivity contribution < 1.29 is 28.5 Å². The van der Waals surface area contributed by atoms with Crippen LogP contribution in [0.4, 0.5) is 0 Å². The van der Waals surface area contributed by atoms with Gasteiger partial charge in [0.2, 0.25) is 0 Å². The second-order valence-corrected chi connectivity index (χ2v) is 8.44. The molecule has 0 saturated heterocycles. The molecule has 0 aromatic rings. The highest BCUT2D eigenvalue weighted by atomic mass is 16.6. The van der Waals surface area contributed by atoms with E-state index in [9.17, 15) is 9.59 Å². The standard InChI is InChI=1S/C20H37NO6/c1-15(13-21)26-18(23)20(8-6-7-9-20)12-16(14-25-11-10-24-5)17(22)27-19(2,3)4/h15-16H,6-14,21H2,1-5H3. The van der Waals surface area contributed by atoms with Gasteiger partial charge in [0.05, 0.1) is 31.2 Å². The molecular weight excluding hydrogens is 350 g/mol. The molecule has 0 heterocycles. The minimum Gasteiger partial charge on any atom is -0.461 e. The molecule has 0 bridgehead atoms. The van der Waals surface area contributed by atoms with Gasteiger partial charge >= 0.3 is 11.9 Å². The Morgan fingerprint density at radius 1 is 1.15 bits per heavy atom. The third-order valence-corrected chi connectivity index (χ3v) is 4.76.